The van der Waals surface area contributed by atoms with E-state index in [4.69, 9.17) is 4.74 Å². The molecule has 2 aliphatic heterocycles. The maximum absolute atomic E-state index is 13.2. The van der Waals surface area contributed by atoms with Crippen LogP contribution in [0.3, 0.4) is 0 Å². The predicted octanol–water partition coefficient (Wildman–Crippen LogP) is 2.52. The summed E-state index contributed by atoms with van der Waals surface area (Å²) < 4.78 is 35.3. The SMILES string of the molecule is CCCNC(=O)N1CCC2(CC1)COc1cc(-c3ccccc3)ccc1S(=O)(=O)NCC(O)CN(C)C2. The number of hydrogen-bond acceptors (Lipinski definition) is 6. The largest absolute Gasteiger partial charge is 0.492 e. The van der Waals surface area contributed by atoms with Gasteiger partial charge < -0.3 is 25.0 Å². The lowest BCUT2D eigenvalue weighted by Gasteiger charge is -2.44. The standard InChI is InChI=1S/C27H38N4O5S/c1-3-13-28-26(33)31-14-11-27(12-15-31)19-30(2)18-23(32)17-29-37(34,35)25-10-9-22(16-24(25)36-20-27)21-7-5-4-6-8-21/h4-10,16,23,29,32H,3,11-15,17-20H2,1-2H3,(H,28,33). The van der Waals surface area contributed by atoms with E-state index in [0.29, 0.717) is 52.2 Å². The van der Waals surface area contributed by atoms with Crippen molar-refractivity contribution in [2.75, 3.05) is 52.9 Å². The van der Waals surface area contributed by atoms with Gasteiger partial charge in [-0.05, 0) is 49.6 Å². The van der Waals surface area contributed by atoms with Crippen molar-refractivity contribution in [2.24, 2.45) is 5.41 Å². The molecule has 1 spiro atoms. The number of nitrogens with zero attached hydrogens (tertiary/aromatic N) is 2. The molecule has 3 N–H and O–H groups in total. The van der Waals surface area contributed by atoms with Crippen molar-refractivity contribution in [3.63, 3.8) is 0 Å². The predicted molar refractivity (Wildman–Crippen MR) is 143 cm³/mol. The maximum Gasteiger partial charge on any atom is 0.317 e. The van der Waals surface area contributed by atoms with Crippen LogP contribution in [0.5, 0.6) is 5.75 Å². The van der Waals surface area contributed by atoms with Crippen LogP contribution >= 0.6 is 0 Å². The molecule has 10 heteroatoms. The molecule has 0 aliphatic carbocycles. The molecule has 0 radical (unpaired) electrons. The summed E-state index contributed by atoms with van der Waals surface area (Å²) in [5, 5.41) is 13.5. The molecule has 37 heavy (non-hydrogen) atoms. The third-order valence-electron chi connectivity index (χ3n) is 7.15. The monoisotopic (exact) mass is 530 g/mol. The molecule has 1 atom stereocenters. The molecule has 1 saturated heterocycles. The number of benzene rings is 2. The number of fused-ring (bicyclic) bond motifs is 1. The highest BCUT2D eigenvalue weighted by molar-refractivity contribution is 7.89. The third-order valence-corrected chi connectivity index (χ3v) is 8.61. The first-order valence-corrected chi connectivity index (χ1v) is 14.4. The van der Waals surface area contributed by atoms with Crippen molar-refractivity contribution < 1.29 is 23.1 Å². The minimum atomic E-state index is -3.90. The van der Waals surface area contributed by atoms with Gasteiger partial charge in [0.15, 0.2) is 0 Å². The van der Waals surface area contributed by atoms with Crippen molar-refractivity contribution in [3.8, 4) is 16.9 Å². The number of nitrogens with one attached hydrogen (secondary N) is 2. The number of carbonyl (C=O) groups is 1. The number of hydrogen-bond donors (Lipinski definition) is 3. The fourth-order valence-corrected chi connectivity index (χ4v) is 6.30. The molecular formula is C27H38N4O5S. The Morgan fingerprint density at radius 3 is 2.59 bits per heavy atom. The average Bonchev–Trinajstić information content (AvgIpc) is 2.89. The quantitative estimate of drug-likeness (QED) is 0.563. The minimum absolute atomic E-state index is 0.0513. The van der Waals surface area contributed by atoms with Gasteiger partial charge in [-0.2, -0.15) is 0 Å². The molecule has 2 aliphatic rings. The van der Waals surface area contributed by atoms with Gasteiger partial charge in [0.1, 0.15) is 10.6 Å². The van der Waals surface area contributed by atoms with Crippen LogP contribution in [0.1, 0.15) is 26.2 Å². The number of ether oxygens (including phenoxy) is 1. The van der Waals surface area contributed by atoms with E-state index >= 15 is 0 Å². The molecule has 202 valence electrons. The van der Waals surface area contributed by atoms with E-state index in [9.17, 15) is 18.3 Å². The van der Waals surface area contributed by atoms with E-state index in [1.165, 1.54) is 0 Å². The van der Waals surface area contributed by atoms with Crippen LogP contribution in [0.15, 0.2) is 53.4 Å². The van der Waals surface area contributed by atoms with Crippen LogP contribution in [0.25, 0.3) is 11.1 Å². The normalized spacial score (nSPS) is 22.2. The average molecular weight is 531 g/mol. The molecule has 2 aromatic rings. The lowest BCUT2D eigenvalue weighted by molar-refractivity contribution is 0.0243. The molecule has 0 aromatic heterocycles. The fraction of sp³-hybridized carbons (Fsp3) is 0.519. The topological polar surface area (TPSA) is 111 Å². The van der Waals surface area contributed by atoms with Gasteiger partial charge in [0.05, 0.1) is 12.7 Å². The van der Waals surface area contributed by atoms with E-state index in [2.05, 4.69) is 10.0 Å². The summed E-state index contributed by atoms with van der Waals surface area (Å²) in [7, 11) is -1.98. The van der Waals surface area contributed by atoms with Crippen LogP contribution in [0, 0.1) is 5.41 Å². The van der Waals surface area contributed by atoms with E-state index in [1.807, 2.05) is 54.1 Å². The fourth-order valence-electron chi connectivity index (χ4n) is 5.10. The highest BCUT2D eigenvalue weighted by Gasteiger charge is 2.39. The number of aliphatic hydroxyl groups excluding tert-OH is 1. The second-order valence-corrected chi connectivity index (χ2v) is 12.0. The maximum atomic E-state index is 13.2. The minimum Gasteiger partial charge on any atom is -0.492 e. The van der Waals surface area contributed by atoms with Crippen LogP contribution in [0.2, 0.25) is 0 Å². The Hall–Kier alpha value is -2.66. The lowest BCUT2D eigenvalue weighted by atomic mass is 9.78. The number of likely N-dealkylation sites (tertiary alicyclic amines) is 1. The Kier molecular flexibility index (Phi) is 8.74. The first-order valence-electron chi connectivity index (χ1n) is 12.9. The number of likely N-dealkylation sites (N-methyl/N-ethyl adjacent to an activating group) is 1. The summed E-state index contributed by atoms with van der Waals surface area (Å²) in [4.78, 5) is 16.4. The number of amides is 2. The number of carbonyl (C=O) groups excluding carboxylic acids is 1. The highest BCUT2D eigenvalue weighted by Crippen LogP contribution is 2.36. The summed E-state index contributed by atoms with van der Waals surface area (Å²) in [6.07, 6.45) is 1.45. The molecule has 0 saturated carbocycles. The summed E-state index contributed by atoms with van der Waals surface area (Å²) in [5.74, 6) is 0.286. The second kappa shape index (κ2) is 11.8. The lowest BCUT2D eigenvalue weighted by Crippen LogP contribution is -2.53. The van der Waals surface area contributed by atoms with Crippen LogP contribution in [0.4, 0.5) is 4.79 Å². The number of aliphatic hydroxyl groups is 1. The Bertz CT molecular complexity index is 1170. The second-order valence-electron chi connectivity index (χ2n) is 10.2. The van der Waals surface area contributed by atoms with Gasteiger partial charge in [-0.3, -0.25) is 0 Å². The zero-order valence-electron chi connectivity index (χ0n) is 21.7. The molecule has 2 heterocycles. The van der Waals surface area contributed by atoms with Crippen molar-refractivity contribution in [3.05, 3.63) is 48.5 Å². The first kappa shape index (κ1) is 27.4. The van der Waals surface area contributed by atoms with Crippen molar-refractivity contribution in [1.82, 2.24) is 19.8 Å². The molecule has 1 fully saturated rings. The number of piperidine rings is 1. The molecule has 1 unspecified atom stereocenters. The van der Waals surface area contributed by atoms with E-state index in [0.717, 1.165) is 17.5 Å². The summed E-state index contributed by atoms with van der Waals surface area (Å²) in [6, 6.07) is 14.8. The van der Waals surface area contributed by atoms with Gasteiger partial charge in [0.25, 0.3) is 0 Å². The summed E-state index contributed by atoms with van der Waals surface area (Å²) in [5.41, 5.74) is 1.52. The molecule has 9 nitrogen and oxygen atoms in total. The van der Waals surface area contributed by atoms with Gasteiger partial charge in [-0.25, -0.2) is 17.9 Å². The zero-order valence-corrected chi connectivity index (χ0v) is 22.5. The summed E-state index contributed by atoms with van der Waals surface area (Å²) >= 11 is 0. The molecule has 4 rings (SSSR count). The first-order chi connectivity index (χ1) is 17.7. The summed E-state index contributed by atoms with van der Waals surface area (Å²) in [6.45, 7) is 5.05. The number of sulfonamides is 1. The van der Waals surface area contributed by atoms with Crippen LogP contribution in [-0.2, 0) is 10.0 Å². The molecule has 0 bridgehead atoms. The number of rotatable bonds is 3. The van der Waals surface area contributed by atoms with E-state index in [-0.39, 0.29) is 28.6 Å². The van der Waals surface area contributed by atoms with Crippen molar-refractivity contribution in [1.29, 1.82) is 0 Å². The third kappa shape index (κ3) is 6.81. The zero-order chi connectivity index (χ0) is 26.5. The Morgan fingerprint density at radius 1 is 1.16 bits per heavy atom. The highest BCUT2D eigenvalue weighted by atomic mass is 32.2. The smallest absolute Gasteiger partial charge is 0.317 e. The Labute approximate surface area is 219 Å². The van der Waals surface area contributed by atoms with Gasteiger partial charge in [0.2, 0.25) is 10.0 Å². The van der Waals surface area contributed by atoms with Gasteiger partial charge in [-0.15, -0.1) is 0 Å². The number of β-amino-alcohol motifs (C(OH)–C–C–N with tert-alkyl or cyclic N) is 1. The molecule has 2 amide bonds. The van der Waals surface area contributed by atoms with E-state index in [1.54, 1.807) is 18.2 Å². The Morgan fingerprint density at radius 2 is 1.89 bits per heavy atom. The van der Waals surface area contributed by atoms with Crippen molar-refractivity contribution in [2.45, 2.75) is 37.2 Å². The van der Waals surface area contributed by atoms with Crippen LogP contribution < -0.4 is 14.8 Å². The molecule has 2 aromatic carbocycles. The van der Waals surface area contributed by atoms with E-state index < -0.39 is 16.1 Å². The molecular weight excluding hydrogens is 492 g/mol. The van der Waals surface area contributed by atoms with Gasteiger partial charge in [-0.1, -0.05) is 43.3 Å². The van der Waals surface area contributed by atoms with Crippen molar-refractivity contribution >= 4 is 16.1 Å². The number of urea groups is 1. The van der Waals surface area contributed by atoms with Crippen LogP contribution in [-0.4, -0.2) is 88.4 Å². The van der Waals surface area contributed by atoms with Gasteiger partial charge >= 0.3 is 6.03 Å². The van der Waals surface area contributed by atoms with Gasteiger partial charge in [0, 0.05) is 44.7 Å². The Balaban J connectivity index is 1.64.